The standard InChI is InChI=1S/C21H14N4O4/c1-12-2-5-17-18(8-12)24-21(23-17)13(11-22)9-15-4-7-20(29-15)16-10-14(25(27)28)3-6-19(16)26/h2-10,26H,1H3,(H,23,24)/b13-9+. The number of hydrogen-bond donors (Lipinski definition) is 2. The largest absolute Gasteiger partial charge is 0.507 e. The molecule has 0 saturated carbocycles. The van der Waals surface area contributed by atoms with Gasteiger partial charge in [-0.1, -0.05) is 6.07 Å². The number of furan rings is 1. The SMILES string of the molecule is Cc1ccc2nc(/C(C#N)=C/c3ccc(-c4cc([N+](=O)[O-])ccc4O)o3)[nH]c2c1. The number of benzene rings is 2. The van der Waals surface area contributed by atoms with Crippen molar-refractivity contribution in [2.24, 2.45) is 0 Å². The number of nitrogens with zero attached hydrogens (tertiary/aromatic N) is 3. The smallest absolute Gasteiger partial charge is 0.270 e. The Kier molecular flexibility index (Phi) is 4.33. The highest BCUT2D eigenvalue weighted by atomic mass is 16.6. The lowest BCUT2D eigenvalue weighted by molar-refractivity contribution is -0.384. The number of allylic oxidation sites excluding steroid dienone is 1. The zero-order valence-electron chi connectivity index (χ0n) is 15.2. The van der Waals surface area contributed by atoms with Gasteiger partial charge in [0.25, 0.3) is 5.69 Å². The summed E-state index contributed by atoms with van der Waals surface area (Å²) in [5.74, 6) is 0.854. The van der Waals surface area contributed by atoms with Crippen LogP contribution < -0.4 is 0 Å². The molecule has 4 rings (SSSR count). The summed E-state index contributed by atoms with van der Waals surface area (Å²) < 4.78 is 5.68. The van der Waals surface area contributed by atoms with Crippen molar-refractivity contribution in [3.05, 3.63) is 75.8 Å². The summed E-state index contributed by atoms with van der Waals surface area (Å²) >= 11 is 0. The van der Waals surface area contributed by atoms with Gasteiger partial charge in [-0.05, 0) is 42.8 Å². The molecule has 0 radical (unpaired) electrons. The zero-order chi connectivity index (χ0) is 20.5. The van der Waals surface area contributed by atoms with E-state index < -0.39 is 4.92 Å². The average Bonchev–Trinajstić information content (AvgIpc) is 3.32. The number of aromatic hydroxyl groups is 1. The number of fused-ring (bicyclic) bond motifs is 1. The number of non-ortho nitro benzene ring substituents is 1. The van der Waals surface area contributed by atoms with E-state index in [1.807, 2.05) is 25.1 Å². The quantitative estimate of drug-likeness (QED) is 0.294. The highest BCUT2D eigenvalue weighted by Crippen LogP contribution is 2.34. The van der Waals surface area contributed by atoms with Gasteiger partial charge in [0.1, 0.15) is 29.2 Å². The Morgan fingerprint density at radius 2 is 2.10 bits per heavy atom. The molecule has 0 saturated heterocycles. The van der Waals surface area contributed by atoms with Gasteiger partial charge in [-0.3, -0.25) is 10.1 Å². The van der Waals surface area contributed by atoms with E-state index in [-0.39, 0.29) is 28.3 Å². The van der Waals surface area contributed by atoms with Crippen molar-refractivity contribution in [1.82, 2.24) is 9.97 Å². The average molecular weight is 386 g/mol. The highest BCUT2D eigenvalue weighted by molar-refractivity contribution is 5.90. The fraction of sp³-hybridized carbons (Fsp3) is 0.0476. The van der Waals surface area contributed by atoms with Gasteiger partial charge in [0.05, 0.1) is 27.1 Å². The number of aromatic nitrogens is 2. The number of nitro benzene ring substituents is 1. The lowest BCUT2D eigenvalue weighted by Gasteiger charge is -2.01. The van der Waals surface area contributed by atoms with E-state index in [1.54, 1.807) is 12.1 Å². The molecular weight excluding hydrogens is 372 g/mol. The fourth-order valence-corrected chi connectivity index (χ4v) is 2.96. The van der Waals surface area contributed by atoms with Crippen LogP contribution in [0.15, 0.2) is 52.9 Å². The van der Waals surface area contributed by atoms with Crippen LogP contribution in [0.3, 0.4) is 0 Å². The fourth-order valence-electron chi connectivity index (χ4n) is 2.96. The van der Waals surface area contributed by atoms with Crippen LogP contribution in [0.1, 0.15) is 17.1 Å². The Morgan fingerprint density at radius 1 is 1.28 bits per heavy atom. The molecule has 0 bridgehead atoms. The van der Waals surface area contributed by atoms with E-state index in [1.165, 1.54) is 24.3 Å². The normalized spacial score (nSPS) is 11.5. The highest BCUT2D eigenvalue weighted by Gasteiger charge is 2.15. The second kappa shape index (κ2) is 6.98. The number of phenolic OH excluding ortho intramolecular Hbond substituents is 1. The van der Waals surface area contributed by atoms with Gasteiger partial charge in [0.2, 0.25) is 0 Å². The van der Waals surface area contributed by atoms with Crippen molar-refractivity contribution in [3.8, 4) is 23.1 Å². The molecule has 2 N–H and O–H groups in total. The number of hydrogen-bond acceptors (Lipinski definition) is 6. The van der Waals surface area contributed by atoms with Crippen LogP contribution in [0.5, 0.6) is 5.75 Å². The summed E-state index contributed by atoms with van der Waals surface area (Å²) in [6.45, 7) is 1.97. The maximum Gasteiger partial charge on any atom is 0.270 e. The van der Waals surface area contributed by atoms with Gasteiger partial charge < -0.3 is 14.5 Å². The van der Waals surface area contributed by atoms with Crippen molar-refractivity contribution >= 4 is 28.4 Å². The molecule has 0 aliphatic carbocycles. The first-order chi connectivity index (χ1) is 13.9. The van der Waals surface area contributed by atoms with Gasteiger partial charge >= 0.3 is 0 Å². The van der Waals surface area contributed by atoms with Gasteiger partial charge in [-0.15, -0.1) is 0 Å². The van der Waals surface area contributed by atoms with E-state index in [2.05, 4.69) is 16.0 Å². The van der Waals surface area contributed by atoms with Crippen molar-refractivity contribution in [1.29, 1.82) is 5.26 Å². The second-order valence-corrected chi connectivity index (χ2v) is 6.44. The van der Waals surface area contributed by atoms with Gasteiger partial charge in [0.15, 0.2) is 0 Å². The van der Waals surface area contributed by atoms with Crippen LogP contribution in [0.2, 0.25) is 0 Å². The summed E-state index contributed by atoms with van der Waals surface area (Å²) in [5.41, 5.74) is 2.93. The number of aryl methyl sites for hydroxylation is 1. The predicted molar refractivity (Wildman–Crippen MR) is 107 cm³/mol. The molecular formula is C21H14N4O4. The minimum absolute atomic E-state index is 0.145. The molecule has 2 aromatic carbocycles. The summed E-state index contributed by atoms with van der Waals surface area (Å²) in [6.07, 6.45) is 1.52. The Balaban J connectivity index is 1.71. The maximum absolute atomic E-state index is 11.0. The van der Waals surface area contributed by atoms with Crippen LogP contribution >= 0.6 is 0 Å². The molecule has 0 unspecified atom stereocenters. The number of nitriles is 1. The molecule has 0 fully saturated rings. The molecule has 0 spiro atoms. The summed E-state index contributed by atoms with van der Waals surface area (Å²) in [4.78, 5) is 18.0. The Hall–Kier alpha value is -4.38. The number of nitrogens with one attached hydrogen (secondary N) is 1. The van der Waals surface area contributed by atoms with Crippen molar-refractivity contribution < 1.29 is 14.4 Å². The van der Waals surface area contributed by atoms with Gasteiger partial charge in [0, 0.05) is 18.2 Å². The molecule has 2 heterocycles. The lowest BCUT2D eigenvalue weighted by atomic mass is 10.1. The third-order valence-electron chi connectivity index (χ3n) is 4.38. The lowest BCUT2D eigenvalue weighted by Crippen LogP contribution is -1.88. The maximum atomic E-state index is 11.0. The summed E-state index contributed by atoms with van der Waals surface area (Å²) in [6, 6.07) is 14.7. The summed E-state index contributed by atoms with van der Waals surface area (Å²) in [7, 11) is 0. The Labute approximate surface area is 164 Å². The Morgan fingerprint density at radius 3 is 2.86 bits per heavy atom. The monoisotopic (exact) mass is 386 g/mol. The van der Waals surface area contributed by atoms with E-state index in [4.69, 9.17) is 4.42 Å². The van der Waals surface area contributed by atoms with E-state index in [0.29, 0.717) is 11.6 Å². The van der Waals surface area contributed by atoms with Gasteiger partial charge in [-0.2, -0.15) is 5.26 Å². The van der Waals surface area contributed by atoms with E-state index in [9.17, 15) is 20.5 Å². The summed E-state index contributed by atoms with van der Waals surface area (Å²) in [5, 5.41) is 30.5. The van der Waals surface area contributed by atoms with Crippen molar-refractivity contribution in [2.45, 2.75) is 6.92 Å². The number of rotatable bonds is 4. The van der Waals surface area contributed by atoms with Crippen LogP contribution in [0, 0.1) is 28.4 Å². The molecule has 0 aliphatic heterocycles. The first-order valence-corrected chi connectivity index (χ1v) is 8.61. The number of aromatic amines is 1. The minimum atomic E-state index is -0.552. The minimum Gasteiger partial charge on any atom is -0.507 e. The first kappa shape index (κ1) is 18.0. The number of imidazole rings is 1. The van der Waals surface area contributed by atoms with E-state index >= 15 is 0 Å². The number of phenols is 1. The molecule has 0 amide bonds. The van der Waals surface area contributed by atoms with Gasteiger partial charge in [-0.25, -0.2) is 4.98 Å². The molecule has 2 aromatic heterocycles. The van der Waals surface area contributed by atoms with Crippen LogP contribution in [-0.2, 0) is 0 Å². The molecule has 0 atom stereocenters. The third-order valence-corrected chi connectivity index (χ3v) is 4.38. The number of nitro groups is 1. The molecule has 142 valence electrons. The number of H-pyrrole nitrogens is 1. The second-order valence-electron chi connectivity index (χ2n) is 6.44. The van der Waals surface area contributed by atoms with Crippen molar-refractivity contribution in [3.63, 3.8) is 0 Å². The van der Waals surface area contributed by atoms with Crippen LogP contribution in [0.4, 0.5) is 5.69 Å². The van der Waals surface area contributed by atoms with Crippen LogP contribution in [-0.4, -0.2) is 20.0 Å². The zero-order valence-corrected chi connectivity index (χ0v) is 15.2. The molecule has 29 heavy (non-hydrogen) atoms. The predicted octanol–water partition coefficient (Wildman–Crippen LogP) is 4.81. The van der Waals surface area contributed by atoms with Crippen LogP contribution in [0.25, 0.3) is 34.0 Å². The first-order valence-electron chi connectivity index (χ1n) is 8.61. The molecule has 4 aromatic rings. The van der Waals surface area contributed by atoms with Crippen molar-refractivity contribution in [2.75, 3.05) is 0 Å². The van der Waals surface area contributed by atoms with E-state index in [0.717, 1.165) is 16.6 Å². The molecule has 8 nitrogen and oxygen atoms in total. The molecule has 8 heteroatoms. The topological polar surface area (TPSA) is 129 Å². The molecule has 0 aliphatic rings. The third kappa shape index (κ3) is 3.44. The Bertz CT molecular complexity index is 1320.